The third kappa shape index (κ3) is 4.05. The molecule has 0 aromatic carbocycles. The number of aliphatic hydroxyl groups is 1. The van der Waals surface area contributed by atoms with Gasteiger partial charge in [0.05, 0.1) is 6.61 Å². The maximum Gasteiger partial charge on any atom is 0.213 e. The summed E-state index contributed by atoms with van der Waals surface area (Å²) in [6.45, 7) is 2.59. The molecule has 3 nitrogen and oxygen atoms in total. The molecule has 0 rings (SSSR count). The first-order valence-corrected chi connectivity index (χ1v) is 2.78. The molecule has 0 aromatic rings. The van der Waals surface area contributed by atoms with Crippen LogP contribution in [0.4, 0.5) is 0 Å². The Morgan fingerprint density at radius 2 is 2.38 bits per heavy atom. The monoisotopic (exact) mass is 119 g/mol. The summed E-state index contributed by atoms with van der Waals surface area (Å²) in [6, 6.07) is 0. The number of ether oxygens (including phenoxy) is 1. The highest BCUT2D eigenvalue weighted by Crippen LogP contribution is 1.82. The molecule has 0 aliphatic carbocycles. The van der Waals surface area contributed by atoms with Gasteiger partial charge in [-0.1, -0.05) is 6.92 Å². The first-order chi connectivity index (χ1) is 3.81. The van der Waals surface area contributed by atoms with Crippen LogP contribution in [0.15, 0.2) is 0 Å². The summed E-state index contributed by atoms with van der Waals surface area (Å²) in [5.74, 6) is 0. The van der Waals surface area contributed by atoms with Crippen molar-refractivity contribution in [2.24, 2.45) is 0 Å². The van der Waals surface area contributed by atoms with E-state index in [0.717, 1.165) is 6.42 Å². The molecule has 0 saturated carbocycles. The molecule has 8 heavy (non-hydrogen) atoms. The molecular weight excluding hydrogens is 106 g/mol. The van der Waals surface area contributed by atoms with Crippen LogP contribution in [0.1, 0.15) is 13.3 Å². The Morgan fingerprint density at radius 1 is 1.75 bits per heavy atom. The van der Waals surface area contributed by atoms with E-state index in [2.05, 4.69) is 5.32 Å². The molecule has 3 heteroatoms. The van der Waals surface area contributed by atoms with Gasteiger partial charge in [-0.05, 0) is 13.5 Å². The molecule has 0 heterocycles. The first-order valence-electron chi connectivity index (χ1n) is 2.78. The van der Waals surface area contributed by atoms with Gasteiger partial charge in [-0.15, -0.1) is 0 Å². The van der Waals surface area contributed by atoms with Crippen LogP contribution in [0, 0.1) is 0 Å². The average molecular weight is 119 g/mol. The van der Waals surface area contributed by atoms with Gasteiger partial charge in [-0.25, -0.2) is 0 Å². The summed E-state index contributed by atoms with van der Waals surface area (Å²) in [5, 5.41) is 11.2. The fourth-order valence-electron chi connectivity index (χ4n) is 0.313. The minimum Gasteiger partial charge on any atom is -0.356 e. The lowest BCUT2D eigenvalue weighted by Crippen LogP contribution is -2.27. The minimum absolute atomic E-state index is 0.599. The average Bonchev–Trinajstić information content (AvgIpc) is 1.83. The fourth-order valence-corrected chi connectivity index (χ4v) is 0.313. The summed E-state index contributed by atoms with van der Waals surface area (Å²) < 4.78 is 4.78. The Balaban J connectivity index is 2.86. The molecule has 2 N–H and O–H groups in total. The van der Waals surface area contributed by atoms with Gasteiger partial charge in [0.15, 0.2) is 0 Å². The molecular formula is C5H13NO2. The summed E-state index contributed by atoms with van der Waals surface area (Å²) in [5.41, 5.74) is 0. The predicted molar refractivity (Wildman–Crippen MR) is 31.3 cm³/mol. The summed E-state index contributed by atoms with van der Waals surface area (Å²) in [4.78, 5) is 0. The molecule has 0 amide bonds. The number of hydrogen-bond acceptors (Lipinski definition) is 3. The second-order valence-electron chi connectivity index (χ2n) is 1.51. The van der Waals surface area contributed by atoms with Crippen molar-refractivity contribution in [1.29, 1.82) is 0 Å². The molecule has 1 unspecified atom stereocenters. The molecule has 0 bridgehead atoms. The van der Waals surface area contributed by atoms with Gasteiger partial charge in [0, 0.05) is 0 Å². The quantitative estimate of drug-likeness (QED) is 0.508. The second-order valence-corrected chi connectivity index (χ2v) is 1.51. The lowest BCUT2D eigenvalue weighted by atomic mass is 10.5. The van der Waals surface area contributed by atoms with Crippen LogP contribution in [0.5, 0.6) is 0 Å². The van der Waals surface area contributed by atoms with Crippen molar-refractivity contribution in [3.63, 3.8) is 0 Å². The van der Waals surface area contributed by atoms with Crippen LogP contribution >= 0.6 is 0 Å². The lowest BCUT2D eigenvalue weighted by Gasteiger charge is -2.07. The van der Waals surface area contributed by atoms with Gasteiger partial charge in [0.25, 0.3) is 0 Å². The summed E-state index contributed by atoms with van der Waals surface area (Å²) in [7, 11) is 1.64. The van der Waals surface area contributed by atoms with E-state index < -0.39 is 6.41 Å². The Morgan fingerprint density at radius 3 is 2.75 bits per heavy atom. The Kier molecular flexibility index (Phi) is 4.95. The molecule has 0 spiro atoms. The van der Waals surface area contributed by atoms with Gasteiger partial charge in [0.1, 0.15) is 0 Å². The third-order valence-electron chi connectivity index (χ3n) is 0.727. The smallest absolute Gasteiger partial charge is 0.213 e. The van der Waals surface area contributed by atoms with Crippen LogP contribution in [-0.2, 0) is 4.74 Å². The van der Waals surface area contributed by atoms with E-state index in [1.807, 2.05) is 6.92 Å². The molecule has 0 aromatic heterocycles. The Labute approximate surface area is 49.7 Å². The highest BCUT2D eigenvalue weighted by Gasteiger charge is 1.94. The van der Waals surface area contributed by atoms with Crippen LogP contribution in [0.25, 0.3) is 0 Å². The zero-order chi connectivity index (χ0) is 6.41. The van der Waals surface area contributed by atoms with E-state index in [1.54, 1.807) is 7.05 Å². The van der Waals surface area contributed by atoms with E-state index in [4.69, 9.17) is 9.84 Å². The molecule has 0 aliphatic rings. The highest BCUT2D eigenvalue weighted by atomic mass is 16.6. The van der Waals surface area contributed by atoms with Crippen molar-refractivity contribution in [3.05, 3.63) is 0 Å². The van der Waals surface area contributed by atoms with Crippen molar-refractivity contribution in [2.75, 3.05) is 13.7 Å². The SMILES string of the molecule is CCCOC(O)NC. The van der Waals surface area contributed by atoms with Gasteiger partial charge in [0.2, 0.25) is 6.41 Å². The van der Waals surface area contributed by atoms with Gasteiger partial charge in [-0.2, -0.15) is 0 Å². The molecule has 0 aliphatic heterocycles. The maximum absolute atomic E-state index is 8.66. The van der Waals surface area contributed by atoms with Crippen molar-refractivity contribution in [2.45, 2.75) is 19.8 Å². The third-order valence-corrected chi connectivity index (χ3v) is 0.727. The highest BCUT2D eigenvalue weighted by molar-refractivity contribution is 4.28. The second kappa shape index (κ2) is 5.03. The van der Waals surface area contributed by atoms with Crippen LogP contribution < -0.4 is 5.32 Å². The van der Waals surface area contributed by atoms with Gasteiger partial charge in [-0.3, -0.25) is 5.32 Å². The van der Waals surface area contributed by atoms with E-state index in [-0.39, 0.29) is 0 Å². The van der Waals surface area contributed by atoms with Crippen LogP contribution in [0.2, 0.25) is 0 Å². The predicted octanol–water partition coefficient (Wildman–Crippen LogP) is -0.0917. The molecule has 0 radical (unpaired) electrons. The van der Waals surface area contributed by atoms with E-state index in [0.29, 0.717) is 6.61 Å². The maximum atomic E-state index is 8.66. The topological polar surface area (TPSA) is 41.5 Å². The molecule has 50 valence electrons. The van der Waals surface area contributed by atoms with Gasteiger partial charge < -0.3 is 9.84 Å². The summed E-state index contributed by atoms with van der Waals surface area (Å²) >= 11 is 0. The van der Waals surface area contributed by atoms with E-state index in [9.17, 15) is 0 Å². The summed E-state index contributed by atoms with van der Waals surface area (Å²) in [6.07, 6.45) is 0.133. The first kappa shape index (κ1) is 7.88. The standard InChI is InChI=1S/C5H13NO2/c1-3-4-8-5(7)6-2/h5-7H,3-4H2,1-2H3. The minimum atomic E-state index is -0.796. The lowest BCUT2D eigenvalue weighted by molar-refractivity contribution is -0.115. The van der Waals surface area contributed by atoms with E-state index in [1.165, 1.54) is 0 Å². The zero-order valence-corrected chi connectivity index (χ0v) is 5.35. The van der Waals surface area contributed by atoms with Gasteiger partial charge >= 0.3 is 0 Å². The fraction of sp³-hybridized carbons (Fsp3) is 1.00. The van der Waals surface area contributed by atoms with E-state index >= 15 is 0 Å². The van der Waals surface area contributed by atoms with Crippen LogP contribution in [-0.4, -0.2) is 25.2 Å². The van der Waals surface area contributed by atoms with Crippen molar-refractivity contribution in [1.82, 2.24) is 5.32 Å². The number of aliphatic hydroxyl groups excluding tert-OH is 1. The molecule has 0 fully saturated rings. The number of hydrogen-bond donors (Lipinski definition) is 2. The normalized spacial score (nSPS) is 13.9. The zero-order valence-electron chi connectivity index (χ0n) is 5.35. The van der Waals surface area contributed by atoms with Crippen molar-refractivity contribution >= 4 is 0 Å². The van der Waals surface area contributed by atoms with Crippen molar-refractivity contribution in [3.8, 4) is 0 Å². The number of nitrogens with one attached hydrogen (secondary N) is 1. The largest absolute Gasteiger partial charge is 0.356 e. The Hall–Kier alpha value is -0.120. The Bertz CT molecular complexity index is 49.7. The van der Waals surface area contributed by atoms with Crippen LogP contribution in [0.3, 0.4) is 0 Å². The molecule has 0 saturated heterocycles. The molecule has 1 atom stereocenters. The van der Waals surface area contributed by atoms with Crippen molar-refractivity contribution < 1.29 is 9.84 Å². The number of rotatable bonds is 4.